The third kappa shape index (κ3) is 2.06. The van der Waals surface area contributed by atoms with Gasteiger partial charge in [-0.1, -0.05) is 30.3 Å². The van der Waals surface area contributed by atoms with Gasteiger partial charge in [0.05, 0.1) is 0 Å². The predicted octanol–water partition coefficient (Wildman–Crippen LogP) is 1.81. The second-order valence-corrected chi connectivity index (χ2v) is 6.86. The highest BCUT2D eigenvalue weighted by molar-refractivity contribution is 7.90. The smallest absolute Gasteiger partial charge is 0.211 e. The van der Waals surface area contributed by atoms with Gasteiger partial charge in [-0.05, 0) is 19.4 Å². The topological polar surface area (TPSA) is 37.4 Å². The lowest BCUT2D eigenvalue weighted by molar-refractivity contribution is 0.482. The normalized spacial score (nSPS) is 13.1. The van der Waals surface area contributed by atoms with E-state index in [1.165, 1.54) is 4.31 Å². The summed E-state index contributed by atoms with van der Waals surface area (Å²) in [7, 11) is -0.185. The fourth-order valence-electron chi connectivity index (χ4n) is 1.44. The Labute approximate surface area is 91.8 Å². The van der Waals surface area contributed by atoms with E-state index in [9.17, 15) is 8.42 Å². The molecular weight excluding hydrogens is 210 g/mol. The molecular formula is C11H17NO2S. The van der Waals surface area contributed by atoms with E-state index in [0.717, 1.165) is 5.56 Å². The van der Waals surface area contributed by atoms with Gasteiger partial charge in [-0.2, -0.15) is 0 Å². The lowest BCUT2D eigenvalue weighted by Crippen LogP contribution is -2.38. The molecule has 0 aliphatic rings. The Hall–Kier alpha value is -0.870. The summed E-state index contributed by atoms with van der Waals surface area (Å²) in [6, 6.07) is 9.24. The van der Waals surface area contributed by atoms with Gasteiger partial charge in [0, 0.05) is 14.1 Å². The molecule has 0 aliphatic carbocycles. The third-order valence-corrected chi connectivity index (χ3v) is 5.08. The van der Waals surface area contributed by atoms with Crippen molar-refractivity contribution in [3.05, 3.63) is 35.9 Å². The molecule has 0 radical (unpaired) electrons. The van der Waals surface area contributed by atoms with E-state index >= 15 is 0 Å². The maximum absolute atomic E-state index is 12.1. The largest absolute Gasteiger partial charge is 0.222 e. The summed E-state index contributed by atoms with van der Waals surface area (Å²) in [5, 5.41) is 0. The second-order valence-electron chi connectivity index (χ2n) is 4.16. The van der Waals surface area contributed by atoms with Crippen molar-refractivity contribution in [2.45, 2.75) is 18.6 Å². The van der Waals surface area contributed by atoms with Crippen LogP contribution in [-0.4, -0.2) is 26.8 Å². The van der Waals surface area contributed by atoms with E-state index in [2.05, 4.69) is 0 Å². The van der Waals surface area contributed by atoms with Crippen LogP contribution in [0.4, 0.5) is 0 Å². The van der Waals surface area contributed by atoms with Crippen LogP contribution in [0.1, 0.15) is 19.4 Å². The predicted molar refractivity (Wildman–Crippen MR) is 62.1 cm³/mol. The molecule has 0 aromatic heterocycles. The molecule has 0 amide bonds. The van der Waals surface area contributed by atoms with E-state index in [1.807, 2.05) is 30.3 Å². The first kappa shape index (κ1) is 12.2. The monoisotopic (exact) mass is 227 g/mol. The SMILES string of the molecule is CN(C)S(=O)(=O)C(C)(C)c1ccccc1. The Morgan fingerprint density at radius 2 is 1.53 bits per heavy atom. The standard InChI is InChI=1S/C11H17NO2S/c1-11(2,15(13,14)12(3)4)10-8-6-5-7-9-10/h5-9H,1-4H3. The minimum atomic E-state index is -3.30. The lowest BCUT2D eigenvalue weighted by Gasteiger charge is -2.28. The van der Waals surface area contributed by atoms with Crippen LogP contribution in [0.3, 0.4) is 0 Å². The first-order valence-corrected chi connectivity index (χ1v) is 6.22. The van der Waals surface area contributed by atoms with Gasteiger partial charge in [0.2, 0.25) is 10.0 Å². The van der Waals surface area contributed by atoms with Gasteiger partial charge in [-0.15, -0.1) is 0 Å². The number of benzene rings is 1. The van der Waals surface area contributed by atoms with Crippen LogP contribution in [-0.2, 0) is 14.8 Å². The Bertz CT molecular complexity index is 421. The van der Waals surface area contributed by atoms with Crippen LogP contribution >= 0.6 is 0 Å². The first-order valence-electron chi connectivity index (χ1n) is 4.78. The molecule has 1 aromatic carbocycles. The van der Waals surface area contributed by atoms with Crippen molar-refractivity contribution in [1.29, 1.82) is 0 Å². The van der Waals surface area contributed by atoms with Gasteiger partial charge >= 0.3 is 0 Å². The fraction of sp³-hybridized carbons (Fsp3) is 0.455. The summed E-state index contributed by atoms with van der Waals surface area (Å²) >= 11 is 0. The Morgan fingerprint density at radius 3 is 1.93 bits per heavy atom. The summed E-state index contributed by atoms with van der Waals surface area (Å²) in [5.74, 6) is 0. The summed E-state index contributed by atoms with van der Waals surface area (Å²) in [4.78, 5) is 0. The van der Waals surface area contributed by atoms with E-state index < -0.39 is 14.8 Å². The first-order chi connectivity index (χ1) is 6.80. The molecule has 0 saturated carbocycles. The van der Waals surface area contributed by atoms with E-state index in [1.54, 1.807) is 27.9 Å². The molecule has 1 rings (SSSR count). The van der Waals surface area contributed by atoms with Crippen LogP contribution in [0.2, 0.25) is 0 Å². The maximum atomic E-state index is 12.1. The summed E-state index contributed by atoms with van der Waals surface area (Å²) in [6.45, 7) is 3.44. The van der Waals surface area contributed by atoms with E-state index in [0.29, 0.717) is 0 Å². The zero-order valence-corrected chi connectivity index (χ0v) is 10.4. The highest BCUT2D eigenvalue weighted by Gasteiger charge is 2.37. The van der Waals surface area contributed by atoms with Gasteiger partial charge in [0.1, 0.15) is 4.75 Å². The number of hydrogen-bond donors (Lipinski definition) is 0. The molecule has 4 heteroatoms. The zero-order chi connectivity index (χ0) is 11.7. The van der Waals surface area contributed by atoms with Crippen molar-refractivity contribution in [3.8, 4) is 0 Å². The fourth-order valence-corrected chi connectivity index (χ4v) is 2.79. The highest BCUT2D eigenvalue weighted by atomic mass is 32.2. The number of nitrogens with zero attached hydrogens (tertiary/aromatic N) is 1. The number of rotatable bonds is 3. The van der Waals surface area contributed by atoms with Gasteiger partial charge in [-0.25, -0.2) is 12.7 Å². The van der Waals surface area contributed by atoms with Gasteiger partial charge in [0.15, 0.2) is 0 Å². The van der Waals surface area contributed by atoms with Gasteiger partial charge in [-0.3, -0.25) is 0 Å². The molecule has 0 spiro atoms. The molecule has 84 valence electrons. The molecule has 3 nitrogen and oxygen atoms in total. The second kappa shape index (κ2) is 3.94. The quantitative estimate of drug-likeness (QED) is 0.789. The highest BCUT2D eigenvalue weighted by Crippen LogP contribution is 2.30. The van der Waals surface area contributed by atoms with Crippen molar-refractivity contribution in [2.24, 2.45) is 0 Å². The van der Waals surface area contributed by atoms with Crippen LogP contribution in [0.15, 0.2) is 30.3 Å². The molecule has 0 fully saturated rings. The minimum Gasteiger partial charge on any atom is -0.211 e. The lowest BCUT2D eigenvalue weighted by atomic mass is 10.0. The van der Waals surface area contributed by atoms with Crippen LogP contribution in [0.25, 0.3) is 0 Å². The zero-order valence-electron chi connectivity index (χ0n) is 9.56. The molecule has 0 heterocycles. The molecule has 0 aliphatic heterocycles. The summed E-state index contributed by atoms with van der Waals surface area (Å²) < 4.78 is 24.5. The Balaban J connectivity index is 3.26. The molecule has 0 atom stereocenters. The van der Waals surface area contributed by atoms with Crippen molar-refractivity contribution in [3.63, 3.8) is 0 Å². The van der Waals surface area contributed by atoms with Gasteiger partial charge in [0.25, 0.3) is 0 Å². The van der Waals surface area contributed by atoms with Gasteiger partial charge < -0.3 is 0 Å². The van der Waals surface area contributed by atoms with Crippen molar-refractivity contribution in [2.75, 3.05) is 14.1 Å². The van der Waals surface area contributed by atoms with Crippen LogP contribution in [0, 0.1) is 0 Å². The maximum Gasteiger partial charge on any atom is 0.222 e. The average Bonchev–Trinajstić information content (AvgIpc) is 2.18. The minimum absolute atomic E-state index is 0.804. The van der Waals surface area contributed by atoms with Crippen molar-refractivity contribution >= 4 is 10.0 Å². The van der Waals surface area contributed by atoms with E-state index in [-0.39, 0.29) is 0 Å². The summed E-state index contributed by atoms with van der Waals surface area (Å²) in [6.07, 6.45) is 0. The third-order valence-electron chi connectivity index (χ3n) is 2.59. The van der Waals surface area contributed by atoms with Crippen molar-refractivity contribution < 1.29 is 8.42 Å². The van der Waals surface area contributed by atoms with Crippen LogP contribution in [0.5, 0.6) is 0 Å². The Morgan fingerprint density at radius 1 is 1.07 bits per heavy atom. The van der Waals surface area contributed by atoms with Crippen LogP contribution < -0.4 is 0 Å². The number of sulfonamides is 1. The Kier molecular flexibility index (Phi) is 3.21. The van der Waals surface area contributed by atoms with E-state index in [4.69, 9.17) is 0 Å². The molecule has 0 bridgehead atoms. The van der Waals surface area contributed by atoms with Crippen molar-refractivity contribution in [1.82, 2.24) is 4.31 Å². The molecule has 0 N–H and O–H groups in total. The average molecular weight is 227 g/mol. The molecule has 0 unspecified atom stereocenters. The number of hydrogen-bond acceptors (Lipinski definition) is 2. The molecule has 15 heavy (non-hydrogen) atoms. The molecule has 1 aromatic rings. The summed E-state index contributed by atoms with van der Waals surface area (Å²) in [5.41, 5.74) is 0.804. The molecule has 0 saturated heterocycles.